The number of rotatable bonds is 31. The Morgan fingerprint density at radius 1 is 0.522 bits per heavy atom. The molecule has 0 amide bonds. The summed E-state index contributed by atoms with van der Waals surface area (Å²) in [5, 5.41) is 0. The van der Waals surface area contributed by atoms with E-state index in [2.05, 4.69) is 13.8 Å². The Labute approximate surface area is 286 Å². The Hall–Kier alpha value is -0.240. The van der Waals surface area contributed by atoms with Crippen molar-refractivity contribution in [1.82, 2.24) is 0 Å². The fraction of sp³-hybridized carbons (Fsp3) is 1.00. The van der Waals surface area contributed by atoms with E-state index < -0.39 is 11.6 Å². The van der Waals surface area contributed by atoms with Crippen molar-refractivity contribution < 1.29 is 28.4 Å². The van der Waals surface area contributed by atoms with Crippen LogP contribution in [-0.2, 0) is 28.4 Å². The lowest BCUT2D eigenvalue weighted by atomic mass is 10.0. The first-order valence-electron chi connectivity index (χ1n) is 20.1. The fourth-order valence-electron chi connectivity index (χ4n) is 6.93. The SMILES string of the molecule is CCCCCCCCCCCCCCOC[C@@H](OCCCCCCCCCCCCCC)[C@H]1OC(C)(C)O[C@@H]1[C@H]1COC(C)(C)O1. The maximum absolute atomic E-state index is 6.54. The second-order valence-electron chi connectivity index (χ2n) is 15.2. The summed E-state index contributed by atoms with van der Waals surface area (Å²) in [6, 6.07) is 0. The van der Waals surface area contributed by atoms with Gasteiger partial charge in [0.25, 0.3) is 0 Å². The summed E-state index contributed by atoms with van der Waals surface area (Å²) in [5.41, 5.74) is 0. The van der Waals surface area contributed by atoms with Crippen LogP contribution < -0.4 is 0 Å². The molecule has 2 fully saturated rings. The van der Waals surface area contributed by atoms with Crippen molar-refractivity contribution in [2.45, 2.75) is 232 Å². The summed E-state index contributed by atoms with van der Waals surface area (Å²) in [6.07, 6.45) is 31.4. The Bertz CT molecular complexity index is 697. The van der Waals surface area contributed by atoms with Gasteiger partial charge in [-0.3, -0.25) is 0 Å². The van der Waals surface area contributed by atoms with E-state index in [4.69, 9.17) is 28.4 Å². The third-order valence-electron chi connectivity index (χ3n) is 9.68. The van der Waals surface area contributed by atoms with E-state index in [1.807, 2.05) is 27.7 Å². The van der Waals surface area contributed by atoms with Crippen molar-refractivity contribution in [3.05, 3.63) is 0 Å². The van der Waals surface area contributed by atoms with Crippen molar-refractivity contribution in [3.8, 4) is 0 Å². The van der Waals surface area contributed by atoms with Crippen LogP contribution in [0.4, 0.5) is 0 Å². The van der Waals surface area contributed by atoms with Gasteiger partial charge in [-0.2, -0.15) is 0 Å². The highest BCUT2D eigenvalue weighted by molar-refractivity contribution is 4.94. The van der Waals surface area contributed by atoms with Crippen molar-refractivity contribution in [1.29, 1.82) is 0 Å². The quantitative estimate of drug-likeness (QED) is 0.0693. The first-order chi connectivity index (χ1) is 22.3. The molecule has 0 aromatic carbocycles. The lowest BCUT2D eigenvalue weighted by Crippen LogP contribution is -2.47. The maximum atomic E-state index is 6.54. The molecule has 46 heavy (non-hydrogen) atoms. The molecule has 0 radical (unpaired) electrons. The maximum Gasteiger partial charge on any atom is 0.164 e. The number of hydrogen-bond acceptors (Lipinski definition) is 6. The van der Waals surface area contributed by atoms with Gasteiger partial charge >= 0.3 is 0 Å². The summed E-state index contributed by atoms with van der Waals surface area (Å²) >= 11 is 0. The van der Waals surface area contributed by atoms with Gasteiger partial charge in [0.1, 0.15) is 24.4 Å². The number of hydrogen-bond donors (Lipinski definition) is 0. The Kier molecular flexibility index (Phi) is 23.4. The summed E-state index contributed by atoms with van der Waals surface area (Å²) in [4.78, 5) is 0. The highest BCUT2D eigenvalue weighted by atomic mass is 16.8. The molecular formula is C40H78O6. The molecule has 0 spiro atoms. The standard InChI is InChI=1S/C40H78O6/c1-7-9-11-13-15-17-19-21-23-25-27-29-31-41-33-35(42-32-30-28-26-24-22-20-18-16-14-12-10-8-2)37-38(46-40(5,6)45-37)36-34-43-39(3,4)44-36/h35-38H,7-34H2,1-6H3/t35-,36-,37-,38-/m1/s1. The minimum atomic E-state index is -0.696. The van der Waals surface area contributed by atoms with Crippen molar-refractivity contribution in [2.75, 3.05) is 26.4 Å². The average molecular weight is 655 g/mol. The van der Waals surface area contributed by atoms with Crippen LogP contribution in [0.1, 0.15) is 196 Å². The van der Waals surface area contributed by atoms with Gasteiger partial charge in [0.15, 0.2) is 11.6 Å². The monoisotopic (exact) mass is 655 g/mol. The fourth-order valence-corrected chi connectivity index (χ4v) is 6.93. The molecule has 0 N–H and O–H groups in total. The second-order valence-corrected chi connectivity index (χ2v) is 15.2. The van der Waals surface area contributed by atoms with E-state index >= 15 is 0 Å². The van der Waals surface area contributed by atoms with E-state index in [-0.39, 0.29) is 24.4 Å². The molecule has 274 valence electrons. The van der Waals surface area contributed by atoms with Crippen molar-refractivity contribution in [3.63, 3.8) is 0 Å². The van der Waals surface area contributed by atoms with E-state index in [0.29, 0.717) is 13.2 Å². The first-order valence-corrected chi connectivity index (χ1v) is 20.1. The first kappa shape index (κ1) is 41.9. The van der Waals surface area contributed by atoms with Gasteiger partial charge in [0.05, 0.1) is 13.2 Å². The van der Waals surface area contributed by atoms with Crippen LogP contribution in [0.5, 0.6) is 0 Å². The van der Waals surface area contributed by atoms with Crippen LogP contribution in [0.25, 0.3) is 0 Å². The van der Waals surface area contributed by atoms with Crippen molar-refractivity contribution >= 4 is 0 Å². The Balaban J connectivity index is 1.68. The molecule has 6 nitrogen and oxygen atoms in total. The Morgan fingerprint density at radius 2 is 0.957 bits per heavy atom. The van der Waals surface area contributed by atoms with Gasteiger partial charge in [0, 0.05) is 13.2 Å². The summed E-state index contributed by atoms with van der Waals surface area (Å²) in [6.45, 7) is 15.0. The van der Waals surface area contributed by atoms with Crippen molar-refractivity contribution in [2.24, 2.45) is 0 Å². The third kappa shape index (κ3) is 19.7. The van der Waals surface area contributed by atoms with Crippen LogP contribution in [0.2, 0.25) is 0 Å². The van der Waals surface area contributed by atoms with E-state index in [1.165, 1.54) is 141 Å². The Morgan fingerprint density at radius 3 is 1.39 bits per heavy atom. The second kappa shape index (κ2) is 25.7. The van der Waals surface area contributed by atoms with Crippen LogP contribution in [-0.4, -0.2) is 62.4 Å². The molecule has 0 saturated carbocycles. The predicted octanol–water partition coefficient (Wildman–Crippen LogP) is 11.5. The molecule has 0 bridgehead atoms. The van der Waals surface area contributed by atoms with Gasteiger partial charge in [0.2, 0.25) is 0 Å². The summed E-state index contributed by atoms with van der Waals surface area (Å²) in [5.74, 6) is -1.31. The van der Waals surface area contributed by atoms with Crippen LogP contribution in [0, 0.1) is 0 Å². The van der Waals surface area contributed by atoms with E-state index in [9.17, 15) is 0 Å². The molecule has 2 aliphatic heterocycles. The molecule has 2 heterocycles. The lowest BCUT2D eigenvalue weighted by Gasteiger charge is -2.29. The molecule has 4 atom stereocenters. The highest BCUT2D eigenvalue weighted by Gasteiger charge is 2.52. The normalized spacial score (nSPS) is 23.0. The molecule has 2 rings (SSSR count). The summed E-state index contributed by atoms with van der Waals surface area (Å²) in [7, 11) is 0. The molecule has 6 heteroatoms. The molecule has 0 aliphatic carbocycles. The molecule has 0 aromatic rings. The largest absolute Gasteiger partial charge is 0.379 e. The van der Waals surface area contributed by atoms with Gasteiger partial charge < -0.3 is 28.4 Å². The molecule has 0 unspecified atom stereocenters. The smallest absolute Gasteiger partial charge is 0.164 e. The minimum Gasteiger partial charge on any atom is -0.379 e. The summed E-state index contributed by atoms with van der Waals surface area (Å²) < 4.78 is 37.8. The average Bonchev–Trinajstić information content (AvgIpc) is 3.55. The lowest BCUT2D eigenvalue weighted by molar-refractivity contribution is -0.176. The molecular weight excluding hydrogens is 576 g/mol. The van der Waals surface area contributed by atoms with Gasteiger partial charge in [-0.05, 0) is 40.5 Å². The zero-order valence-electron chi connectivity index (χ0n) is 31.6. The molecule has 2 saturated heterocycles. The highest BCUT2D eigenvalue weighted by Crippen LogP contribution is 2.37. The zero-order valence-corrected chi connectivity index (χ0v) is 31.6. The van der Waals surface area contributed by atoms with E-state index in [0.717, 1.165) is 26.1 Å². The number of unbranched alkanes of at least 4 members (excludes halogenated alkanes) is 22. The molecule has 2 aliphatic rings. The predicted molar refractivity (Wildman–Crippen MR) is 191 cm³/mol. The zero-order chi connectivity index (χ0) is 33.4. The van der Waals surface area contributed by atoms with Gasteiger partial charge in [-0.1, -0.05) is 155 Å². The topological polar surface area (TPSA) is 55.4 Å². The van der Waals surface area contributed by atoms with Crippen LogP contribution >= 0.6 is 0 Å². The molecule has 0 aromatic heterocycles. The minimum absolute atomic E-state index is 0.184. The van der Waals surface area contributed by atoms with Crippen LogP contribution in [0.3, 0.4) is 0 Å². The third-order valence-corrected chi connectivity index (χ3v) is 9.68. The van der Waals surface area contributed by atoms with Gasteiger partial charge in [-0.15, -0.1) is 0 Å². The number of ether oxygens (including phenoxy) is 6. The van der Waals surface area contributed by atoms with E-state index in [1.54, 1.807) is 0 Å². The van der Waals surface area contributed by atoms with Gasteiger partial charge in [-0.25, -0.2) is 0 Å². The van der Waals surface area contributed by atoms with Crippen LogP contribution in [0.15, 0.2) is 0 Å².